The molecule has 0 unspecified atom stereocenters. The first-order chi connectivity index (χ1) is 9.67. The van der Waals surface area contributed by atoms with Crippen molar-refractivity contribution in [3.8, 4) is 0 Å². The number of carbonyl (C=O) groups excluding carboxylic acids is 2. The molecule has 102 valence electrons. The second-order valence-electron chi connectivity index (χ2n) is 4.04. The number of halogens is 1. The van der Waals surface area contributed by atoms with Crippen LogP contribution in [-0.4, -0.2) is 17.9 Å². The Bertz CT molecular complexity index is 631. The number of carbonyl (C=O) groups is 2. The molecule has 1 N–H and O–H groups in total. The number of rotatable bonds is 5. The molecular formula is C15H12FNO2S. The number of nitrogens with one attached hydrogen (secondary N) is 1. The van der Waals surface area contributed by atoms with E-state index >= 15 is 0 Å². The van der Waals surface area contributed by atoms with Gasteiger partial charge in [0.1, 0.15) is 12.1 Å². The average Bonchev–Trinajstić information content (AvgIpc) is 2.45. The molecule has 0 aromatic heterocycles. The molecule has 0 heterocycles. The number of benzene rings is 2. The highest BCUT2D eigenvalue weighted by Crippen LogP contribution is 2.19. The molecule has 2 aromatic rings. The van der Waals surface area contributed by atoms with Crippen molar-refractivity contribution >= 4 is 29.6 Å². The predicted molar refractivity (Wildman–Crippen MR) is 77.6 cm³/mol. The summed E-state index contributed by atoms with van der Waals surface area (Å²) in [5, 5.41) is 2.61. The number of hydrogen-bond acceptors (Lipinski definition) is 3. The molecule has 2 rings (SSSR count). The minimum absolute atomic E-state index is 0.193. The lowest BCUT2D eigenvalue weighted by Gasteiger charge is -2.05. The van der Waals surface area contributed by atoms with Crippen LogP contribution in [0.25, 0.3) is 0 Å². The molecule has 3 nitrogen and oxygen atoms in total. The van der Waals surface area contributed by atoms with Crippen molar-refractivity contribution in [2.45, 2.75) is 4.90 Å². The van der Waals surface area contributed by atoms with Gasteiger partial charge in [-0.05, 0) is 30.3 Å². The predicted octanol–water partition coefficient (Wildman–Crippen LogP) is 3.37. The first-order valence-electron chi connectivity index (χ1n) is 5.91. The fourth-order valence-electron chi connectivity index (χ4n) is 1.59. The molecule has 5 heteroatoms. The second kappa shape index (κ2) is 6.86. The average molecular weight is 289 g/mol. The van der Waals surface area contributed by atoms with Gasteiger partial charge in [-0.1, -0.05) is 18.2 Å². The SMILES string of the molecule is O=Cc1cccc(SCC(=O)Nc2cccc(F)c2)c1. The van der Waals surface area contributed by atoms with E-state index < -0.39 is 5.82 Å². The van der Waals surface area contributed by atoms with E-state index in [1.165, 1.54) is 30.0 Å². The van der Waals surface area contributed by atoms with Crippen LogP contribution in [0.5, 0.6) is 0 Å². The van der Waals surface area contributed by atoms with Crippen LogP contribution in [-0.2, 0) is 4.79 Å². The first kappa shape index (κ1) is 14.3. The van der Waals surface area contributed by atoms with Crippen molar-refractivity contribution < 1.29 is 14.0 Å². The second-order valence-corrected chi connectivity index (χ2v) is 5.09. The standard InChI is InChI=1S/C15H12FNO2S/c16-12-4-2-5-13(8-12)17-15(19)10-20-14-6-1-3-11(7-14)9-18/h1-9H,10H2,(H,17,19). The van der Waals surface area contributed by atoms with Crippen LogP contribution in [0.2, 0.25) is 0 Å². The van der Waals surface area contributed by atoms with Crippen LogP contribution < -0.4 is 5.32 Å². The summed E-state index contributed by atoms with van der Waals surface area (Å²) < 4.78 is 13.0. The summed E-state index contributed by atoms with van der Waals surface area (Å²) in [5.74, 6) is -0.426. The Morgan fingerprint density at radius 2 is 2.00 bits per heavy atom. The van der Waals surface area contributed by atoms with Crippen molar-refractivity contribution in [2.24, 2.45) is 0 Å². The Morgan fingerprint density at radius 1 is 1.20 bits per heavy atom. The van der Waals surface area contributed by atoms with E-state index in [-0.39, 0.29) is 11.7 Å². The highest BCUT2D eigenvalue weighted by molar-refractivity contribution is 8.00. The largest absolute Gasteiger partial charge is 0.325 e. The van der Waals surface area contributed by atoms with E-state index in [0.29, 0.717) is 11.3 Å². The van der Waals surface area contributed by atoms with Gasteiger partial charge >= 0.3 is 0 Å². The van der Waals surface area contributed by atoms with E-state index in [4.69, 9.17) is 0 Å². The van der Waals surface area contributed by atoms with Crippen LogP contribution in [0.4, 0.5) is 10.1 Å². The summed E-state index contributed by atoms with van der Waals surface area (Å²) in [6.07, 6.45) is 0.761. The molecule has 0 aliphatic carbocycles. The van der Waals surface area contributed by atoms with Crippen molar-refractivity contribution in [3.63, 3.8) is 0 Å². The monoisotopic (exact) mass is 289 g/mol. The minimum Gasteiger partial charge on any atom is -0.325 e. The number of amides is 1. The van der Waals surface area contributed by atoms with Gasteiger partial charge < -0.3 is 5.32 Å². The van der Waals surface area contributed by atoms with Gasteiger partial charge in [-0.3, -0.25) is 9.59 Å². The maximum atomic E-state index is 13.0. The zero-order valence-electron chi connectivity index (χ0n) is 10.5. The quantitative estimate of drug-likeness (QED) is 0.678. The highest BCUT2D eigenvalue weighted by atomic mass is 32.2. The van der Waals surface area contributed by atoms with Crippen molar-refractivity contribution in [1.82, 2.24) is 0 Å². The van der Waals surface area contributed by atoms with Gasteiger partial charge in [-0.25, -0.2) is 4.39 Å². The van der Waals surface area contributed by atoms with Crippen LogP contribution >= 0.6 is 11.8 Å². The first-order valence-corrected chi connectivity index (χ1v) is 6.89. The molecule has 2 aromatic carbocycles. The van der Waals surface area contributed by atoms with Gasteiger partial charge in [-0.15, -0.1) is 11.8 Å². The van der Waals surface area contributed by atoms with Crippen LogP contribution in [0.3, 0.4) is 0 Å². The van der Waals surface area contributed by atoms with E-state index in [1.807, 2.05) is 6.07 Å². The normalized spacial score (nSPS) is 10.1. The molecular weight excluding hydrogens is 277 g/mol. The topological polar surface area (TPSA) is 46.2 Å². The number of hydrogen-bond donors (Lipinski definition) is 1. The fourth-order valence-corrected chi connectivity index (χ4v) is 2.35. The third-order valence-corrected chi connectivity index (χ3v) is 3.47. The summed E-state index contributed by atoms with van der Waals surface area (Å²) >= 11 is 1.32. The van der Waals surface area contributed by atoms with Crippen molar-refractivity contribution in [3.05, 3.63) is 59.9 Å². The zero-order chi connectivity index (χ0) is 14.4. The molecule has 1 amide bonds. The van der Waals surface area contributed by atoms with Gasteiger partial charge in [0.25, 0.3) is 0 Å². The molecule has 0 saturated heterocycles. The Labute approximate surface area is 120 Å². The minimum atomic E-state index is -0.394. The number of aldehydes is 1. The van der Waals surface area contributed by atoms with E-state index in [0.717, 1.165) is 11.2 Å². The number of anilines is 1. The van der Waals surface area contributed by atoms with Gasteiger partial charge in [0, 0.05) is 16.1 Å². The van der Waals surface area contributed by atoms with Crippen molar-refractivity contribution in [1.29, 1.82) is 0 Å². The Hall–Kier alpha value is -2.14. The van der Waals surface area contributed by atoms with Crippen LogP contribution in [0.1, 0.15) is 10.4 Å². The van der Waals surface area contributed by atoms with Gasteiger partial charge in [0.15, 0.2) is 0 Å². The summed E-state index contributed by atoms with van der Waals surface area (Å²) in [6, 6.07) is 12.7. The lowest BCUT2D eigenvalue weighted by Crippen LogP contribution is -2.14. The van der Waals surface area contributed by atoms with Crippen LogP contribution in [0.15, 0.2) is 53.4 Å². The molecule has 0 spiro atoms. The third-order valence-electron chi connectivity index (χ3n) is 2.47. The fraction of sp³-hybridized carbons (Fsp3) is 0.0667. The molecule has 0 bridgehead atoms. The summed E-state index contributed by atoms with van der Waals surface area (Å²) in [7, 11) is 0. The van der Waals surface area contributed by atoms with E-state index in [2.05, 4.69) is 5.32 Å². The van der Waals surface area contributed by atoms with Gasteiger partial charge in [0.2, 0.25) is 5.91 Å². The molecule has 0 aliphatic rings. The Kier molecular flexibility index (Phi) is 4.90. The highest BCUT2D eigenvalue weighted by Gasteiger charge is 2.05. The van der Waals surface area contributed by atoms with Crippen LogP contribution in [0, 0.1) is 5.82 Å². The summed E-state index contributed by atoms with van der Waals surface area (Å²) in [6.45, 7) is 0. The van der Waals surface area contributed by atoms with Gasteiger partial charge in [-0.2, -0.15) is 0 Å². The molecule has 0 radical (unpaired) electrons. The lowest BCUT2D eigenvalue weighted by molar-refractivity contribution is -0.113. The Morgan fingerprint density at radius 3 is 2.75 bits per heavy atom. The maximum Gasteiger partial charge on any atom is 0.234 e. The number of thioether (sulfide) groups is 1. The van der Waals surface area contributed by atoms with E-state index in [1.54, 1.807) is 24.3 Å². The molecule has 0 aliphatic heterocycles. The van der Waals surface area contributed by atoms with E-state index in [9.17, 15) is 14.0 Å². The summed E-state index contributed by atoms with van der Waals surface area (Å²) in [4.78, 5) is 23.2. The summed E-state index contributed by atoms with van der Waals surface area (Å²) in [5.41, 5.74) is 0.998. The maximum absolute atomic E-state index is 13.0. The van der Waals surface area contributed by atoms with Crippen molar-refractivity contribution in [2.75, 3.05) is 11.1 Å². The zero-order valence-corrected chi connectivity index (χ0v) is 11.3. The third kappa shape index (κ3) is 4.20. The molecule has 20 heavy (non-hydrogen) atoms. The smallest absolute Gasteiger partial charge is 0.234 e. The molecule has 0 fully saturated rings. The van der Waals surface area contributed by atoms with Gasteiger partial charge in [0.05, 0.1) is 5.75 Å². The Balaban J connectivity index is 1.90. The molecule has 0 saturated carbocycles. The lowest BCUT2D eigenvalue weighted by atomic mass is 10.2. The molecule has 0 atom stereocenters.